The van der Waals surface area contributed by atoms with E-state index in [1.807, 2.05) is 24.4 Å². The zero-order chi connectivity index (χ0) is 38.8. The minimum absolute atomic E-state index is 0.0122. The largest absolute Gasteiger partial charge is 0.497 e. The van der Waals surface area contributed by atoms with E-state index in [9.17, 15) is 24.0 Å². The minimum Gasteiger partial charge on any atom is -0.497 e. The van der Waals surface area contributed by atoms with Gasteiger partial charge in [0.1, 0.15) is 36.2 Å². The maximum Gasteiger partial charge on any atom is 0.245 e. The summed E-state index contributed by atoms with van der Waals surface area (Å²) in [6, 6.07) is 10.9. The van der Waals surface area contributed by atoms with E-state index in [0.29, 0.717) is 36.1 Å². The molecule has 3 heterocycles. The van der Waals surface area contributed by atoms with Crippen LogP contribution in [-0.4, -0.2) is 90.4 Å². The quantitative estimate of drug-likeness (QED) is 0.229. The highest BCUT2D eigenvalue weighted by atomic mass is 32.1. The van der Waals surface area contributed by atoms with E-state index in [4.69, 9.17) is 9.47 Å². The van der Waals surface area contributed by atoms with Gasteiger partial charge in [-0.25, -0.2) is 4.98 Å². The second kappa shape index (κ2) is 18.9. The highest BCUT2D eigenvalue weighted by Crippen LogP contribution is 2.30. The van der Waals surface area contributed by atoms with Crippen molar-refractivity contribution in [2.24, 2.45) is 11.8 Å². The molecule has 2 aliphatic heterocycles. The van der Waals surface area contributed by atoms with Crippen LogP contribution in [0.3, 0.4) is 0 Å². The summed E-state index contributed by atoms with van der Waals surface area (Å²) in [7, 11) is 1.56. The first-order chi connectivity index (χ1) is 25.8. The molecule has 0 saturated heterocycles. The standard InChI is InChI=1S/C40H52N6O7S/c1-24(2)16-30-22-53-33-14-10-28(11-15-33)17-34(44-36(47)19-31-23-54-26(4)42-31)39(50)45-35(18-27-8-12-32(52-5)13-9-27)38(49)41-25(3)40(51)46(20-29-6-7-29)21-37(48)43-30/h8-15,23-25,29-30,34-35H,6-7,16-22H2,1-5H3,(H,41,49)(H,43,48)(H,44,47)(H,45,50)/t25-,30+,34+,35+/m1/s1. The third kappa shape index (κ3) is 12.3. The van der Waals surface area contributed by atoms with Crippen molar-refractivity contribution in [1.82, 2.24) is 31.2 Å². The smallest absolute Gasteiger partial charge is 0.245 e. The number of carbonyl (C=O) groups is 5. The number of benzene rings is 2. The van der Waals surface area contributed by atoms with Gasteiger partial charge in [-0.05, 0) is 80.3 Å². The Bertz CT molecular complexity index is 1760. The van der Waals surface area contributed by atoms with Gasteiger partial charge in [0.25, 0.3) is 0 Å². The second-order valence-electron chi connectivity index (χ2n) is 14.7. The van der Waals surface area contributed by atoms with Crippen molar-refractivity contribution in [1.29, 1.82) is 0 Å². The highest BCUT2D eigenvalue weighted by molar-refractivity contribution is 7.09. The molecule has 14 heteroatoms. The Morgan fingerprint density at radius 1 is 1.02 bits per heavy atom. The van der Waals surface area contributed by atoms with Crippen molar-refractivity contribution in [3.8, 4) is 11.5 Å². The molecule has 1 aromatic heterocycles. The Labute approximate surface area is 321 Å². The van der Waals surface area contributed by atoms with Crippen LogP contribution in [0.2, 0.25) is 0 Å². The normalized spacial score (nSPS) is 21.9. The lowest BCUT2D eigenvalue weighted by Gasteiger charge is -2.29. The highest BCUT2D eigenvalue weighted by Gasteiger charge is 2.33. The Morgan fingerprint density at radius 3 is 2.37 bits per heavy atom. The molecule has 3 aliphatic rings. The molecule has 290 valence electrons. The van der Waals surface area contributed by atoms with Crippen molar-refractivity contribution < 1.29 is 33.4 Å². The number of carbonyl (C=O) groups excluding carboxylic acids is 5. The number of fused-ring (bicyclic) bond motifs is 17. The molecule has 2 aromatic carbocycles. The van der Waals surface area contributed by atoms with Crippen LogP contribution in [0.25, 0.3) is 0 Å². The summed E-state index contributed by atoms with van der Waals surface area (Å²) in [6.07, 6.45) is 2.80. The van der Waals surface area contributed by atoms with Gasteiger partial charge in [-0.2, -0.15) is 0 Å². The molecule has 3 aromatic rings. The lowest BCUT2D eigenvalue weighted by atomic mass is 10.0. The maximum absolute atomic E-state index is 14.1. The second-order valence-corrected chi connectivity index (χ2v) is 15.8. The molecule has 5 amide bonds. The van der Waals surface area contributed by atoms with E-state index >= 15 is 0 Å². The predicted octanol–water partition coefficient (Wildman–Crippen LogP) is 3.12. The molecule has 0 radical (unpaired) electrons. The molecule has 13 nitrogen and oxygen atoms in total. The lowest BCUT2D eigenvalue weighted by Crippen LogP contribution is -2.58. The van der Waals surface area contributed by atoms with Gasteiger partial charge in [0.2, 0.25) is 29.5 Å². The summed E-state index contributed by atoms with van der Waals surface area (Å²) < 4.78 is 11.4. The summed E-state index contributed by atoms with van der Waals surface area (Å²) in [5, 5.41) is 14.3. The fraction of sp³-hybridized carbons (Fsp3) is 0.500. The van der Waals surface area contributed by atoms with Gasteiger partial charge in [-0.15, -0.1) is 11.3 Å². The number of nitrogens with zero attached hydrogens (tertiary/aromatic N) is 2. The SMILES string of the molecule is COc1ccc(C[C@@H]2NC(=O)[C@@H](NC(=O)Cc3csc(C)n3)Cc3ccc(cc3)OC[C@H](CC(C)C)NC(=O)CN(CC3CC3)C(=O)[C@@H](C)NC2=O)cc1. The summed E-state index contributed by atoms with van der Waals surface area (Å²) in [5.41, 5.74) is 2.09. The monoisotopic (exact) mass is 760 g/mol. The molecule has 4 atom stereocenters. The average Bonchev–Trinajstić information content (AvgIpc) is 3.86. The molecule has 4 N–H and O–H groups in total. The summed E-state index contributed by atoms with van der Waals surface area (Å²) >= 11 is 1.44. The zero-order valence-electron chi connectivity index (χ0n) is 31.7. The van der Waals surface area contributed by atoms with Crippen molar-refractivity contribution in [3.05, 3.63) is 75.7 Å². The van der Waals surface area contributed by atoms with Crippen molar-refractivity contribution in [2.45, 2.75) is 90.4 Å². The van der Waals surface area contributed by atoms with Gasteiger partial charge < -0.3 is 35.6 Å². The topological polar surface area (TPSA) is 168 Å². The van der Waals surface area contributed by atoms with Gasteiger partial charge in [0.15, 0.2) is 0 Å². The molecular formula is C40H52N6O7S. The van der Waals surface area contributed by atoms with Crippen LogP contribution in [-0.2, 0) is 43.2 Å². The third-order valence-electron chi connectivity index (χ3n) is 9.38. The van der Waals surface area contributed by atoms with Crippen LogP contribution in [0.5, 0.6) is 11.5 Å². The Morgan fingerprint density at radius 2 is 1.74 bits per heavy atom. The number of hydrogen-bond acceptors (Lipinski definition) is 9. The van der Waals surface area contributed by atoms with E-state index in [1.54, 1.807) is 50.4 Å². The molecule has 54 heavy (non-hydrogen) atoms. The number of aryl methyl sites for hydroxylation is 1. The van der Waals surface area contributed by atoms with Gasteiger partial charge in [-0.1, -0.05) is 38.1 Å². The molecular weight excluding hydrogens is 709 g/mol. The molecule has 0 unspecified atom stereocenters. The van der Waals surface area contributed by atoms with Crippen LogP contribution >= 0.6 is 11.3 Å². The molecule has 1 aliphatic carbocycles. The van der Waals surface area contributed by atoms with Crippen molar-refractivity contribution in [2.75, 3.05) is 26.8 Å². The van der Waals surface area contributed by atoms with Crippen LogP contribution in [0.4, 0.5) is 0 Å². The summed E-state index contributed by atoms with van der Waals surface area (Å²) in [5.74, 6) is -0.452. The van der Waals surface area contributed by atoms with E-state index < -0.39 is 35.8 Å². The van der Waals surface area contributed by atoms with E-state index in [2.05, 4.69) is 40.1 Å². The Hall–Kier alpha value is -4.98. The fourth-order valence-electron chi connectivity index (χ4n) is 6.42. The number of thiazole rings is 1. The zero-order valence-corrected chi connectivity index (χ0v) is 32.5. The molecule has 1 fully saturated rings. The summed E-state index contributed by atoms with van der Waals surface area (Å²) in [4.78, 5) is 74.6. The Kier molecular flexibility index (Phi) is 14.0. The van der Waals surface area contributed by atoms with Crippen molar-refractivity contribution >= 4 is 40.9 Å². The number of nitrogens with one attached hydrogen (secondary N) is 4. The number of amides is 5. The first-order valence-electron chi connectivity index (χ1n) is 18.6. The maximum atomic E-state index is 14.1. The van der Waals surface area contributed by atoms with E-state index in [1.165, 1.54) is 16.2 Å². The van der Waals surface area contributed by atoms with Crippen LogP contribution < -0.4 is 30.7 Å². The van der Waals surface area contributed by atoms with Gasteiger partial charge in [0.05, 0.1) is 36.8 Å². The van der Waals surface area contributed by atoms with Gasteiger partial charge in [-0.3, -0.25) is 24.0 Å². The van der Waals surface area contributed by atoms with Gasteiger partial charge in [0, 0.05) is 24.8 Å². The van der Waals surface area contributed by atoms with Crippen molar-refractivity contribution in [3.63, 3.8) is 0 Å². The fourth-order valence-corrected chi connectivity index (χ4v) is 7.03. The minimum atomic E-state index is -1.11. The first-order valence-corrected chi connectivity index (χ1v) is 19.5. The van der Waals surface area contributed by atoms with Crippen LogP contribution in [0.15, 0.2) is 53.9 Å². The Balaban J connectivity index is 1.45. The van der Waals surface area contributed by atoms with Crippen LogP contribution in [0, 0.1) is 18.8 Å². The van der Waals surface area contributed by atoms with E-state index in [-0.39, 0.29) is 56.2 Å². The van der Waals surface area contributed by atoms with E-state index in [0.717, 1.165) is 29.0 Å². The number of ether oxygens (including phenoxy) is 2. The molecule has 0 spiro atoms. The number of rotatable bonds is 10. The van der Waals surface area contributed by atoms with Gasteiger partial charge >= 0.3 is 0 Å². The lowest BCUT2D eigenvalue weighted by molar-refractivity contribution is -0.140. The average molecular weight is 761 g/mol. The molecule has 1 saturated carbocycles. The molecule has 6 rings (SSSR count). The van der Waals surface area contributed by atoms with Crippen LogP contribution in [0.1, 0.15) is 61.9 Å². The number of aromatic nitrogens is 1. The first kappa shape index (κ1) is 40.2. The molecule has 2 bridgehead atoms. The number of hydrogen-bond donors (Lipinski definition) is 4. The predicted molar refractivity (Wildman–Crippen MR) is 205 cm³/mol. The number of methoxy groups -OCH3 is 1. The third-order valence-corrected chi connectivity index (χ3v) is 10.2. The summed E-state index contributed by atoms with van der Waals surface area (Å²) in [6.45, 7) is 8.03.